The lowest BCUT2D eigenvalue weighted by Gasteiger charge is -2.42. The Labute approximate surface area is 180 Å². The maximum atomic E-state index is 5.53. The summed E-state index contributed by atoms with van der Waals surface area (Å²) in [6, 6.07) is 0. The van der Waals surface area contributed by atoms with Crippen molar-refractivity contribution in [2.45, 2.75) is 58.6 Å². The fourth-order valence-electron chi connectivity index (χ4n) is 4.41. The van der Waals surface area contributed by atoms with Gasteiger partial charge < -0.3 is 24.6 Å². The molecule has 2 heterocycles. The summed E-state index contributed by atoms with van der Waals surface area (Å²) in [4.78, 5) is 11.4. The summed E-state index contributed by atoms with van der Waals surface area (Å²) < 4.78 is 16.4. The first-order chi connectivity index (χ1) is 14.6. The number of aromatic nitrogens is 2. The molecular weight excluding hydrogens is 384 g/mol. The number of aliphatic imine (C=N–C) groups is 1. The van der Waals surface area contributed by atoms with Crippen molar-refractivity contribution in [3.05, 3.63) is 11.7 Å². The SMILES string of the molecule is CCOC(C)c1noc(CNC(=NC)NCC2(CN3CCOCC3)CCCCC2)n1. The fourth-order valence-corrected chi connectivity index (χ4v) is 4.41. The summed E-state index contributed by atoms with van der Waals surface area (Å²) in [5.74, 6) is 1.86. The first kappa shape index (κ1) is 23.0. The van der Waals surface area contributed by atoms with Crippen LogP contribution in [0.3, 0.4) is 0 Å². The maximum Gasteiger partial charge on any atom is 0.246 e. The van der Waals surface area contributed by atoms with Crippen LogP contribution in [0.25, 0.3) is 0 Å². The zero-order valence-corrected chi connectivity index (χ0v) is 18.8. The van der Waals surface area contributed by atoms with Crippen LogP contribution in [0.2, 0.25) is 0 Å². The van der Waals surface area contributed by atoms with Gasteiger partial charge >= 0.3 is 0 Å². The molecule has 1 aliphatic carbocycles. The molecule has 2 aliphatic rings. The topological polar surface area (TPSA) is 97.0 Å². The van der Waals surface area contributed by atoms with Crippen LogP contribution >= 0.6 is 0 Å². The summed E-state index contributed by atoms with van der Waals surface area (Å²) >= 11 is 0. The molecule has 1 saturated carbocycles. The van der Waals surface area contributed by atoms with E-state index in [0.717, 1.165) is 45.4 Å². The Hall–Kier alpha value is -1.71. The highest BCUT2D eigenvalue weighted by molar-refractivity contribution is 5.79. The second-order valence-corrected chi connectivity index (χ2v) is 8.37. The zero-order valence-electron chi connectivity index (χ0n) is 18.8. The van der Waals surface area contributed by atoms with Crippen LogP contribution in [0.15, 0.2) is 9.52 Å². The van der Waals surface area contributed by atoms with E-state index in [0.29, 0.717) is 24.9 Å². The summed E-state index contributed by atoms with van der Waals surface area (Å²) in [6.07, 6.45) is 6.31. The molecule has 1 aliphatic heterocycles. The van der Waals surface area contributed by atoms with Gasteiger partial charge in [0.05, 0.1) is 19.8 Å². The van der Waals surface area contributed by atoms with Gasteiger partial charge in [-0.3, -0.25) is 9.89 Å². The minimum Gasteiger partial charge on any atom is -0.379 e. The number of rotatable bonds is 9. The van der Waals surface area contributed by atoms with Crippen molar-refractivity contribution in [2.75, 3.05) is 53.0 Å². The highest BCUT2D eigenvalue weighted by Gasteiger charge is 2.34. The first-order valence-corrected chi connectivity index (χ1v) is 11.3. The predicted molar refractivity (Wildman–Crippen MR) is 115 cm³/mol. The maximum absolute atomic E-state index is 5.53. The van der Waals surface area contributed by atoms with Crippen LogP contribution in [0, 0.1) is 5.41 Å². The van der Waals surface area contributed by atoms with E-state index in [1.54, 1.807) is 7.05 Å². The van der Waals surface area contributed by atoms with E-state index in [1.165, 1.54) is 32.1 Å². The minimum absolute atomic E-state index is 0.170. The lowest BCUT2D eigenvalue weighted by molar-refractivity contribution is 0.00820. The summed E-state index contributed by atoms with van der Waals surface area (Å²) in [6.45, 7) is 10.7. The summed E-state index contributed by atoms with van der Waals surface area (Å²) in [5, 5.41) is 10.9. The average Bonchev–Trinajstić information content (AvgIpc) is 3.25. The van der Waals surface area contributed by atoms with Crippen molar-refractivity contribution in [2.24, 2.45) is 10.4 Å². The van der Waals surface area contributed by atoms with E-state index in [4.69, 9.17) is 14.0 Å². The molecule has 1 atom stereocenters. The van der Waals surface area contributed by atoms with Crippen LogP contribution in [-0.2, 0) is 16.0 Å². The molecule has 0 bridgehead atoms. The van der Waals surface area contributed by atoms with Gasteiger partial charge in [0.25, 0.3) is 0 Å². The van der Waals surface area contributed by atoms with Crippen molar-refractivity contribution in [1.29, 1.82) is 0 Å². The van der Waals surface area contributed by atoms with E-state index in [2.05, 4.69) is 30.7 Å². The van der Waals surface area contributed by atoms with Crippen LogP contribution < -0.4 is 10.6 Å². The molecule has 1 unspecified atom stereocenters. The smallest absolute Gasteiger partial charge is 0.246 e. The van der Waals surface area contributed by atoms with Crippen molar-refractivity contribution >= 4 is 5.96 Å². The molecule has 9 nitrogen and oxygen atoms in total. The largest absolute Gasteiger partial charge is 0.379 e. The third-order valence-electron chi connectivity index (χ3n) is 6.10. The van der Waals surface area contributed by atoms with Gasteiger partial charge in [0, 0.05) is 45.2 Å². The Morgan fingerprint density at radius 1 is 1.23 bits per heavy atom. The van der Waals surface area contributed by atoms with E-state index in [1.807, 2.05) is 13.8 Å². The second-order valence-electron chi connectivity index (χ2n) is 8.37. The first-order valence-electron chi connectivity index (χ1n) is 11.3. The van der Waals surface area contributed by atoms with Gasteiger partial charge in [-0.05, 0) is 26.7 Å². The normalized spacial score (nSPS) is 21.4. The van der Waals surface area contributed by atoms with Crippen LogP contribution in [0.4, 0.5) is 0 Å². The Balaban J connectivity index is 1.51. The quantitative estimate of drug-likeness (QED) is 0.461. The molecular formula is C21H38N6O3. The number of morpholine rings is 1. The average molecular weight is 423 g/mol. The van der Waals surface area contributed by atoms with E-state index < -0.39 is 0 Å². The molecule has 1 aromatic heterocycles. The standard InChI is InChI=1S/C21H38N6O3/c1-4-29-17(2)19-25-18(30-26-19)14-23-20(22-3)24-15-21(8-6-5-7-9-21)16-27-10-12-28-13-11-27/h17H,4-16H2,1-3H3,(H2,22,23,24). The predicted octanol–water partition coefficient (Wildman–Crippen LogP) is 2.11. The molecule has 1 saturated heterocycles. The van der Waals surface area contributed by atoms with Crippen molar-refractivity contribution in [3.63, 3.8) is 0 Å². The summed E-state index contributed by atoms with van der Waals surface area (Å²) in [5.41, 5.74) is 0.289. The van der Waals surface area contributed by atoms with Crippen molar-refractivity contribution in [1.82, 2.24) is 25.7 Å². The molecule has 3 rings (SSSR count). The van der Waals surface area contributed by atoms with Gasteiger partial charge in [-0.25, -0.2) is 0 Å². The van der Waals surface area contributed by atoms with Gasteiger partial charge in [0.2, 0.25) is 5.89 Å². The lowest BCUT2D eigenvalue weighted by atomic mass is 9.73. The highest BCUT2D eigenvalue weighted by atomic mass is 16.5. The molecule has 0 amide bonds. The molecule has 170 valence electrons. The number of nitrogens with one attached hydrogen (secondary N) is 2. The highest BCUT2D eigenvalue weighted by Crippen LogP contribution is 2.36. The minimum atomic E-state index is -0.170. The Bertz CT molecular complexity index is 653. The number of ether oxygens (including phenoxy) is 2. The third kappa shape index (κ3) is 6.65. The van der Waals surface area contributed by atoms with Gasteiger partial charge in [0.15, 0.2) is 11.8 Å². The Morgan fingerprint density at radius 2 is 2.00 bits per heavy atom. The molecule has 2 fully saturated rings. The van der Waals surface area contributed by atoms with Crippen LogP contribution in [0.5, 0.6) is 0 Å². The molecule has 30 heavy (non-hydrogen) atoms. The summed E-state index contributed by atoms with van der Waals surface area (Å²) in [7, 11) is 1.79. The Morgan fingerprint density at radius 3 is 2.70 bits per heavy atom. The number of guanidine groups is 1. The Kier molecular flexibility index (Phi) is 8.89. The van der Waals surface area contributed by atoms with Crippen LogP contribution in [0.1, 0.15) is 63.8 Å². The van der Waals surface area contributed by atoms with E-state index >= 15 is 0 Å². The lowest BCUT2D eigenvalue weighted by Crippen LogP contribution is -2.51. The third-order valence-corrected chi connectivity index (χ3v) is 6.10. The van der Waals surface area contributed by atoms with Crippen LogP contribution in [-0.4, -0.2) is 74.0 Å². The fraction of sp³-hybridized carbons (Fsp3) is 0.857. The van der Waals surface area contributed by atoms with Crippen molar-refractivity contribution < 1.29 is 14.0 Å². The van der Waals surface area contributed by atoms with E-state index in [9.17, 15) is 0 Å². The number of nitrogens with zero attached hydrogens (tertiary/aromatic N) is 4. The number of hydrogen-bond acceptors (Lipinski definition) is 7. The number of hydrogen-bond donors (Lipinski definition) is 2. The molecule has 0 spiro atoms. The van der Waals surface area contributed by atoms with Gasteiger partial charge in [-0.1, -0.05) is 24.4 Å². The molecule has 1 aromatic rings. The molecule has 0 radical (unpaired) electrons. The van der Waals surface area contributed by atoms with Gasteiger partial charge in [-0.2, -0.15) is 4.98 Å². The second kappa shape index (κ2) is 11.6. The molecule has 9 heteroatoms. The van der Waals surface area contributed by atoms with Gasteiger partial charge in [-0.15, -0.1) is 0 Å². The van der Waals surface area contributed by atoms with E-state index in [-0.39, 0.29) is 11.5 Å². The van der Waals surface area contributed by atoms with Gasteiger partial charge in [0.1, 0.15) is 6.10 Å². The molecule has 2 N–H and O–H groups in total. The molecule has 0 aromatic carbocycles. The monoisotopic (exact) mass is 422 g/mol. The zero-order chi connectivity index (χ0) is 21.2. The van der Waals surface area contributed by atoms with Crippen molar-refractivity contribution in [3.8, 4) is 0 Å².